The normalized spacial score (nSPS) is 15.4. The lowest BCUT2D eigenvalue weighted by Crippen LogP contribution is -2.39. The molecular formula is C16H21F2NO2. The molecule has 0 saturated heterocycles. The smallest absolute Gasteiger partial charge is 0.387 e. The van der Waals surface area contributed by atoms with Crippen LogP contribution < -0.4 is 4.74 Å². The minimum Gasteiger partial charge on any atom is -0.435 e. The van der Waals surface area contributed by atoms with Crippen LogP contribution in [0.1, 0.15) is 38.2 Å². The Morgan fingerprint density at radius 2 is 1.90 bits per heavy atom. The van der Waals surface area contributed by atoms with Gasteiger partial charge in [0.1, 0.15) is 5.75 Å². The van der Waals surface area contributed by atoms with E-state index in [9.17, 15) is 13.6 Å². The molecule has 0 heterocycles. The highest BCUT2D eigenvalue weighted by Gasteiger charge is 2.25. The van der Waals surface area contributed by atoms with Gasteiger partial charge in [-0.25, -0.2) is 0 Å². The molecule has 0 N–H and O–H groups in total. The van der Waals surface area contributed by atoms with Crippen LogP contribution in [0, 0.1) is 0 Å². The average molecular weight is 297 g/mol. The van der Waals surface area contributed by atoms with Crippen molar-refractivity contribution in [2.45, 2.75) is 51.7 Å². The van der Waals surface area contributed by atoms with Crippen LogP contribution in [0.5, 0.6) is 5.75 Å². The molecule has 5 heteroatoms. The van der Waals surface area contributed by atoms with Crippen LogP contribution in [0.2, 0.25) is 0 Å². The van der Waals surface area contributed by atoms with Crippen molar-refractivity contribution >= 4 is 5.91 Å². The van der Waals surface area contributed by atoms with Gasteiger partial charge in [0.15, 0.2) is 0 Å². The van der Waals surface area contributed by atoms with Crippen LogP contribution in [-0.2, 0) is 11.2 Å². The molecule has 1 amide bonds. The molecule has 0 atom stereocenters. The van der Waals surface area contributed by atoms with E-state index in [0.717, 1.165) is 24.9 Å². The molecule has 116 valence electrons. The minimum atomic E-state index is -2.82. The quantitative estimate of drug-likeness (QED) is 0.802. The van der Waals surface area contributed by atoms with Gasteiger partial charge in [0.05, 0.1) is 6.42 Å². The summed E-state index contributed by atoms with van der Waals surface area (Å²) in [5.41, 5.74) is 0.818. The lowest BCUT2D eigenvalue weighted by Gasteiger charge is -2.27. The fourth-order valence-corrected chi connectivity index (χ4v) is 2.92. The summed E-state index contributed by atoms with van der Waals surface area (Å²) in [7, 11) is 0. The third-order valence-electron chi connectivity index (χ3n) is 3.93. The molecule has 1 aliphatic rings. The van der Waals surface area contributed by atoms with E-state index in [1.807, 2.05) is 11.8 Å². The van der Waals surface area contributed by atoms with Gasteiger partial charge in [-0.2, -0.15) is 8.78 Å². The number of halogens is 2. The Balaban J connectivity index is 1.94. The molecule has 21 heavy (non-hydrogen) atoms. The van der Waals surface area contributed by atoms with Crippen LogP contribution in [0.25, 0.3) is 0 Å². The summed E-state index contributed by atoms with van der Waals surface area (Å²) < 4.78 is 28.4. The maximum absolute atomic E-state index is 12.4. The van der Waals surface area contributed by atoms with Crippen molar-refractivity contribution in [3.8, 4) is 5.75 Å². The second-order valence-corrected chi connectivity index (χ2v) is 5.32. The maximum Gasteiger partial charge on any atom is 0.387 e. The van der Waals surface area contributed by atoms with Crippen LogP contribution >= 0.6 is 0 Å². The first-order valence-electron chi connectivity index (χ1n) is 7.43. The van der Waals surface area contributed by atoms with Crippen molar-refractivity contribution in [3.63, 3.8) is 0 Å². The zero-order valence-electron chi connectivity index (χ0n) is 12.2. The number of rotatable bonds is 6. The third-order valence-corrected chi connectivity index (χ3v) is 3.93. The van der Waals surface area contributed by atoms with Gasteiger partial charge in [-0.1, -0.05) is 25.0 Å². The van der Waals surface area contributed by atoms with Crippen LogP contribution in [0.4, 0.5) is 8.78 Å². The average Bonchev–Trinajstić information content (AvgIpc) is 2.95. The number of amides is 1. The lowest BCUT2D eigenvalue weighted by molar-refractivity contribution is -0.132. The Kier molecular flexibility index (Phi) is 5.53. The van der Waals surface area contributed by atoms with Crippen molar-refractivity contribution in [2.24, 2.45) is 0 Å². The Hall–Kier alpha value is -1.65. The number of carbonyl (C=O) groups is 1. The number of carbonyl (C=O) groups excluding carboxylic acids is 1. The first-order valence-corrected chi connectivity index (χ1v) is 7.43. The van der Waals surface area contributed by atoms with Crippen molar-refractivity contribution < 1.29 is 18.3 Å². The monoisotopic (exact) mass is 297 g/mol. The van der Waals surface area contributed by atoms with Crippen molar-refractivity contribution in [2.75, 3.05) is 6.54 Å². The molecular weight excluding hydrogens is 276 g/mol. The molecule has 0 unspecified atom stereocenters. The largest absolute Gasteiger partial charge is 0.435 e. The molecule has 1 aliphatic carbocycles. The summed E-state index contributed by atoms with van der Waals surface area (Å²) in [4.78, 5) is 14.3. The molecule has 0 spiro atoms. The number of hydrogen-bond donors (Lipinski definition) is 0. The van der Waals surface area contributed by atoms with Crippen molar-refractivity contribution in [1.29, 1.82) is 0 Å². The number of likely N-dealkylation sites (N-methyl/N-ethyl adjacent to an activating group) is 1. The van der Waals surface area contributed by atoms with Crippen LogP contribution in [0.3, 0.4) is 0 Å². The fraction of sp³-hybridized carbons (Fsp3) is 0.562. The van der Waals surface area contributed by atoms with E-state index in [1.54, 1.807) is 12.1 Å². The van der Waals surface area contributed by atoms with Gasteiger partial charge in [0, 0.05) is 12.6 Å². The zero-order chi connectivity index (χ0) is 15.2. The molecule has 1 aromatic carbocycles. The van der Waals surface area contributed by atoms with E-state index in [1.165, 1.54) is 25.0 Å². The molecule has 2 rings (SSSR count). The third kappa shape index (κ3) is 4.41. The van der Waals surface area contributed by atoms with Crippen LogP contribution in [-0.4, -0.2) is 30.0 Å². The molecule has 1 fully saturated rings. The molecule has 1 aromatic rings. The number of alkyl halides is 2. The van der Waals surface area contributed by atoms with Crippen molar-refractivity contribution in [1.82, 2.24) is 4.90 Å². The molecule has 0 bridgehead atoms. The summed E-state index contributed by atoms with van der Waals surface area (Å²) in [6.07, 6.45) is 4.85. The number of nitrogens with zero attached hydrogens (tertiary/aromatic N) is 1. The van der Waals surface area contributed by atoms with Gasteiger partial charge in [-0.3, -0.25) is 4.79 Å². The highest BCUT2D eigenvalue weighted by Crippen LogP contribution is 2.24. The van der Waals surface area contributed by atoms with Crippen molar-refractivity contribution in [3.05, 3.63) is 29.8 Å². The van der Waals surface area contributed by atoms with Gasteiger partial charge >= 0.3 is 6.61 Å². The Morgan fingerprint density at radius 1 is 1.29 bits per heavy atom. The van der Waals surface area contributed by atoms with Crippen LogP contribution in [0.15, 0.2) is 24.3 Å². The topological polar surface area (TPSA) is 29.5 Å². The summed E-state index contributed by atoms with van der Waals surface area (Å²) in [6, 6.07) is 6.64. The standard InChI is InChI=1S/C16H21F2NO2/c1-2-19(13-5-3-4-6-13)15(20)11-12-7-9-14(10-8-12)21-16(17)18/h7-10,13,16H,2-6,11H2,1H3. The van der Waals surface area contributed by atoms with E-state index in [2.05, 4.69) is 4.74 Å². The molecule has 0 aliphatic heterocycles. The van der Waals surface area contributed by atoms with E-state index in [-0.39, 0.29) is 11.7 Å². The summed E-state index contributed by atoms with van der Waals surface area (Å²) in [6.45, 7) is -0.110. The summed E-state index contributed by atoms with van der Waals surface area (Å²) >= 11 is 0. The van der Waals surface area contributed by atoms with E-state index >= 15 is 0 Å². The lowest BCUT2D eigenvalue weighted by atomic mass is 10.1. The summed E-state index contributed by atoms with van der Waals surface area (Å²) in [5.74, 6) is 0.219. The fourth-order valence-electron chi connectivity index (χ4n) is 2.92. The highest BCUT2D eigenvalue weighted by atomic mass is 19.3. The second-order valence-electron chi connectivity index (χ2n) is 5.32. The molecule has 1 saturated carbocycles. The van der Waals surface area contributed by atoms with Gasteiger partial charge in [-0.15, -0.1) is 0 Å². The predicted molar refractivity (Wildman–Crippen MR) is 76.4 cm³/mol. The SMILES string of the molecule is CCN(C(=O)Cc1ccc(OC(F)F)cc1)C1CCCC1. The van der Waals surface area contributed by atoms with Gasteiger partial charge in [0.25, 0.3) is 0 Å². The Morgan fingerprint density at radius 3 is 2.43 bits per heavy atom. The Labute approximate surface area is 123 Å². The first kappa shape index (κ1) is 15.7. The highest BCUT2D eigenvalue weighted by molar-refractivity contribution is 5.79. The first-order chi connectivity index (χ1) is 10.1. The number of ether oxygens (including phenoxy) is 1. The minimum absolute atomic E-state index is 0.104. The van der Waals surface area contributed by atoms with E-state index < -0.39 is 6.61 Å². The van der Waals surface area contributed by atoms with E-state index in [4.69, 9.17) is 0 Å². The number of benzene rings is 1. The zero-order valence-corrected chi connectivity index (χ0v) is 12.2. The Bertz CT molecular complexity index is 456. The molecule has 0 aromatic heterocycles. The van der Waals surface area contributed by atoms with Gasteiger partial charge < -0.3 is 9.64 Å². The summed E-state index contributed by atoms with van der Waals surface area (Å²) in [5, 5.41) is 0. The maximum atomic E-state index is 12.4. The van der Waals surface area contributed by atoms with Gasteiger partial charge in [0.2, 0.25) is 5.91 Å². The molecule has 3 nitrogen and oxygen atoms in total. The van der Waals surface area contributed by atoms with Gasteiger partial charge in [-0.05, 0) is 37.5 Å². The van der Waals surface area contributed by atoms with E-state index in [0.29, 0.717) is 12.5 Å². The second kappa shape index (κ2) is 7.38. The predicted octanol–water partition coefficient (Wildman–Crippen LogP) is 3.62. The number of hydrogen-bond acceptors (Lipinski definition) is 2. The molecule has 0 radical (unpaired) electrons.